The number of aliphatic hydroxyl groups is 1. The van der Waals surface area contributed by atoms with Gasteiger partial charge in [0.25, 0.3) is 11.7 Å². The Morgan fingerprint density at radius 3 is 2.10 bits per heavy atom. The SMILES string of the molecule is O=C1C(=O)N(CCc2ccccc2)C(c2ccccc2)C1=C(O)c1ccc(F)cc1. The van der Waals surface area contributed by atoms with Crippen molar-refractivity contribution in [1.82, 2.24) is 4.90 Å². The smallest absolute Gasteiger partial charge is 0.295 e. The molecule has 0 aromatic heterocycles. The van der Waals surface area contributed by atoms with E-state index in [0.717, 1.165) is 11.1 Å². The van der Waals surface area contributed by atoms with Gasteiger partial charge < -0.3 is 10.0 Å². The van der Waals surface area contributed by atoms with E-state index in [0.29, 0.717) is 18.5 Å². The zero-order valence-electron chi connectivity index (χ0n) is 16.2. The first-order valence-electron chi connectivity index (χ1n) is 9.69. The van der Waals surface area contributed by atoms with Crippen molar-refractivity contribution in [1.29, 1.82) is 0 Å². The van der Waals surface area contributed by atoms with Crippen molar-refractivity contribution in [3.63, 3.8) is 0 Å². The lowest BCUT2D eigenvalue weighted by Crippen LogP contribution is -2.31. The number of aliphatic hydroxyl groups excluding tert-OH is 1. The molecule has 0 spiro atoms. The highest BCUT2D eigenvalue weighted by Crippen LogP contribution is 2.39. The number of ketones is 1. The lowest BCUT2D eigenvalue weighted by Gasteiger charge is -2.25. The fourth-order valence-corrected chi connectivity index (χ4v) is 3.75. The number of hydrogen-bond acceptors (Lipinski definition) is 3. The van der Waals surface area contributed by atoms with Gasteiger partial charge >= 0.3 is 0 Å². The molecule has 1 heterocycles. The largest absolute Gasteiger partial charge is 0.507 e. The molecule has 1 saturated heterocycles. The van der Waals surface area contributed by atoms with Gasteiger partial charge in [0.1, 0.15) is 11.6 Å². The number of carbonyl (C=O) groups is 2. The van der Waals surface area contributed by atoms with E-state index in [-0.39, 0.29) is 11.3 Å². The molecule has 150 valence electrons. The molecule has 0 bridgehead atoms. The molecule has 1 atom stereocenters. The maximum atomic E-state index is 13.3. The van der Waals surface area contributed by atoms with E-state index in [1.165, 1.54) is 29.2 Å². The molecule has 1 N–H and O–H groups in total. The number of hydrogen-bond donors (Lipinski definition) is 1. The first-order chi connectivity index (χ1) is 14.6. The van der Waals surface area contributed by atoms with Crippen LogP contribution in [0, 0.1) is 5.82 Å². The minimum absolute atomic E-state index is 0.0193. The predicted octanol–water partition coefficient (Wildman–Crippen LogP) is 4.49. The molecular weight excluding hydrogens is 381 g/mol. The average molecular weight is 401 g/mol. The standard InChI is InChI=1S/C25H20FNO3/c26-20-13-11-19(12-14-20)23(28)21-22(18-9-5-2-6-10-18)27(25(30)24(21)29)16-15-17-7-3-1-4-8-17/h1-14,22,28H,15-16H2. The van der Waals surface area contributed by atoms with Crippen LogP contribution >= 0.6 is 0 Å². The van der Waals surface area contributed by atoms with Crippen LogP contribution in [0.25, 0.3) is 5.76 Å². The van der Waals surface area contributed by atoms with Crippen LogP contribution in [0.4, 0.5) is 4.39 Å². The van der Waals surface area contributed by atoms with E-state index < -0.39 is 23.5 Å². The maximum absolute atomic E-state index is 13.3. The van der Waals surface area contributed by atoms with Crippen molar-refractivity contribution in [3.8, 4) is 0 Å². The molecule has 1 aliphatic heterocycles. The van der Waals surface area contributed by atoms with E-state index in [9.17, 15) is 19.1 Å². The number of halogens is 1. The average Bonchev–Trinajstić information content (AvgIpc) is 3.04. The summed E-state index contributed by atoms with van der Waals surface area (Å²) >= 11 is 0. The number of benzene rings is 3. The van der Waals surface area contributed by atoms with Gasteiger partial charge in [-0.3, -0.25) is 9.59 Å². The molecule has 0 aliphatic carbocycles. The zero-order valence-corrected chi connectivity index (χ0v) is 16.2. The number of rotatable bonds is 5. The Morgan fingerprint density at radius 2 is 1.47 bits per heavy atom. The molecule has 30 heavy (non-hydrogen) atoms. The summed E-state index contributed by atoms with van der Waals surface area (Å²) in [6, 6.07) is 23.3. The van der Waals surface area contributed by atoms with Crippen LogP contribution < -0.4 is 0 Å². The molecular formula is C25H20FNO3. The van der Waals surface area contributed by atoms with Crippen molar-refractivity contribution in [2.45, 2.75) is 12.5 Å². The lowest BCUT2D eigenvalue weighted by molar-refractivity contribution is -0.139. The third-order valence-electron chi connectivity index (χ3n) is 5.26. The van der Waals surface area contributed by atoms with Crippen LogP contribution in [0.15, 0.2) is 90.5 Å². The fourth-order valence-electron chi connectivity index (χ4n) is 3.75. The van der Waals surface area contributed by atoms with Gasteiger partial charge in [-0.25, -0.2) is 4.39 Å². The molecule has 3 aromatic carbocycles. The van der Waals surface area contributed by atoms with Gasteiger partial charge in [-0.2, -0.15) is 0 Å². The van der Waals surface area contributed by atoms with Gasteiger partial charge in [0.15, 0.2) is 0 Å². The van der Waals surface area contributed by atoms with E-state index in [1.54, 1.807) is 0 Å². The van der Waals surface area contributed by atoms with E-state index in [2.05, 4.69) is 0 Å². The fraction of sp³-hybridized carbons (Fsp3) is 0.120. The van der Waals surface area contributed by atoms with Crippen LogP contribution in [0.1, 0.15) is 22.7 Å². The van der Waals surface area contributed by atoms with Crippen molar-refractivity contribution in [3.05, 3.63) is 113 Å². The first kappa shape index (κ1) is 19.6. The topological polar surface area (TPSA) is 57.6 Å². The second-order valence-corrected chi connectivity index (χ2v) is 7.15. The van der Waals surface area contributed by atoms with E-state index in [4.69, 9.17) is 0 Å². The van der Waals surface area contributed by atoms with Crippen molar-refractivity contribution >= 4 is 17.4 Å². The second-order valence-electron chi connectivity index (χ2n) is 7.15. The predicted molar refractivity (Wildman–Crippen MR) is 112 cm³/mol. The lowest BCUT2D eigenvalue weighted by atomic mass is 9.95. The highest BCUT2D eigenvalue weighted by molar-refractivity contribution is 6.46. The molecule has 4 rings (SSSR count). The van der Waals surface area contributed by atoms with Crippen LogP contribution in [0.2, 0.25) is 0 Å². The third-order valence-corrected chi connectivity index (χ3v) is 5.26. The summed E-state index contributed by atoms with van der Waals surface area (Å²) in [6.07, 6.45) is 0.577. The summed E-state index contributed by atoms with van der Waals surface area (Å²) in [5.41, 5.74) is 2.09. The second kappa shape index (κ2) is 8.33. The summed E-state index contributed by atoms with van der Waals surface area (Å²) in [4.78, 5) is 27.3. The quantitative estimate of drug-likeness (QED) is 0.389. The van der Waals surface area contributed by atoms with Gasteiger partial charge in [-0.05, 0) is 41.8 Å². The Hall–Kier alpha value is -3.73. The Bertz CT molecular complexity index is 1090. The molecule has 1 unspecified atom stereocenters. The van der Waals surface area contributed by atoms with E-state index in [1.807, 2.05) is 60.7 Å². The zero-order chi connectivity index (χ0) is 21.1. The summed E-state index contributed by atoms with van der Waals surface area (Å²) in [5.74, 6) is -2.14. The van der Waals surface area contributed by atoms with Gasteiger partial charge in [-0.15, -0.1) is 0 Å². The highest BCUT2D eigenvalue weighted by atomic mass is 19.1. The van der Waals surface area contributed by atoms with Crippen molar-refractivity contribution in [2.75, 3.05) is 6.54 Å². The minimum atomic E-state index is -0.737. The van der Waals surface area contributed by atoms with Gasteiger partial charge in [0.05, 0.1) is 11.6 Å². The monoisotopic (exact) mass is 401 g/mol. The Morgan fingerprint density at radius 1 is 0.867 bits per heavy atom. The number of likely N-dealkylation sites (tertiary alicyclic amines) is 1. The van der Waals surface area contributed by atoms with Crippen LogP contribution in [0.3, 0.4) is 0 Å². The number of nitrogens with zero attached hydrogens (tertiary/aromatic N) is 1. The van der Waals surface area contributed by atoms with Crippen LogP contribution in [-0.2, 0) is 16.0 Å². The van der Waals surface area contributed by atoms with Gasteiger partial charge in [0.2, 0.25) is 0 Å². The Kier molecular flexibility index (Phi) is 5.44. The third kappa shape index (κ3) is 3.74. The van der Waals surface area contributed by atoms with Gasteiger partial charge in [-0.1, -0.05) is 60.7 Å². The summed E-state index contributed by atoms with van der Waals surface area (Å²) in [5, 5.41) is 10.9. The Balaban J connectivity index is 1.76. The number of amides is 1. The van der Waals surface area contributed by atoms with Crippen LogP contribution in [0.5, 0.6) is 0 Å². The minimum Gasteiger partial charge on any atom is -0.507 e. The summed E-state index contributed by atoms with van der Waals surface area (Å²) < 4.78 is 13.3. The number of carbonyl (C=O) groups excluding carboxylic acids is 2. The highest BCUT2D eigenvalue weighted by Gasteiger charge is 2.45. The van der Waals surface area contributed by atoms with Crippen LogP contribution in [-0.4, -0.2) is 28.2 Å². The molecule has 0 saturated carbocycles. The molecule has 1 fully saturated rings. The Labute approximate surface area is 173 Å². The van der Waals surface area contributed by atoms with Gasteiger partial charge in [0, 0.05) is 12.1 Å². The molecule has 4 nitrogen and oxygen atoms in total. The van der Waals surface area contributed by atoms with E-state index >= 15 is 0 Å². The molecule has 5 heteroatoms. The summed E-state index contributed by atoms with van der Waals surface area (Å²) in [6.45, 7) is 0.328. The molecule has 3 aromatic rings. The van der Waals surface area contributed by atoms with Crippen molar-refractivity contribution in [2.24, 2.45) is 0 Å². The normalized spacial score (nSPS) is 18.0. The molecule has 1 aliphatic rings. The number of Topliss-reactive ketones (excluding diaryl/α,β-unsaturated/α-hetero) is 1. The molecule has 0 radical (unpaired) electrons. The van der Waals surface area contributed by atoms with Crippen molar-refractivity contribution < 1.29 is 19.1 Å². The molecule has 1 amide bonds. The maximum Gasteiger partial charge on any atom is 0.295 e. The summed E-state index contributed by atoms with van der Waals surface area (Å²) in [7, 11) is 0. The first-order valence-corrected chi connectivity index (χ1v) is 9.69.